The van der Waals surface area contributed by atoms with E-state index in [2.05, 4.69) is 15.8 Å². The van der Waals surface area contributed by atoms with Gasteiger partial charge in [-0.25, -0.2) is 10.2 Å². The molecule has 0 radical (unpaired) electrons. The second-order valence-electron chi connectivity index (χ2n) is 7.97. The van der Waals surface area contributed by atoms with Gasteiger partial charge in [0, 0.05) is 11.3 Å². The third-order valence-electron chi connectivity index (χ3n) is 5.30. The van der Waals surface area contributed by atoms with Crippen LogP contribution >= 0.6 is 0 Å². The van der Waals surface area contributed by atoms with Gasteiger partial charge < -0.3 is 23.9 Å². The quantitative estimate of drug-likeness (QED) is 0.130. The lowest BCUT2D eigenvalue weighted by atomic mass is 10.2. The van der Waals surface area contributed by atoms with Crippen LogP contribution in [0.3, 0.4) is 0 Å². The van der Waals surface area contributed by atoms with Crippen molar-refractivity contribution in [1.82, 2.24) is 5.43 Å². The Bertz CT molecular complexity index is 1480. The van der Waals surface area contributed by atoms with E-state index < -0.39 is 17.8 Å². The first-order valence-corrected chi connectivity index (χ1v) is 11.9. The van der Waals surface area contributed by atoms with Gasteiger partial charge in [-0.2, -0.15) is 5.10 Å². The van der Waals surface area contributed by atoms with E-state index in [9.17, 15) is 14.4 Å². The average molecular weight is 528 g/mol. The number of hydrogen-bond donors (Lipinski definition) is 2. The topological polar surface area (TPSA) is 128 Å². The van der Waals surface area contributed by atoms with E-state index in [0.717, 1.165) is 0 Å². The van der Waals surface area contributed by atoms with Gasteiger partial charge in [0.2, 0.25) is 0 Å². The number of furan rings is 1. The Morgan fingerprint density at radius 2 is 1.72 bits per heavy atom. The number of hydrogen-bond acceptors (Lipinski definition) is 8. The van der Waals surface area contributed by atoms with Crippen LogP contribution in [-0.4, -0.2) is 37.7 Å². The molecule has 0 fully saturated rings. The molecule has 0 saturated carbocycles. The highest BCUT2D eigenvalue weighted by Crippen LogP contribution is 2.29. The van der Waals surface area contributed by atoms with Gasteiger partial charge in [-0.3, -0.25) is 9.59 Å². The number of amides is 2. The van der Waals surface area contributed by atoms with Crippen LogP contribution in [-0.2, 0) is 0 Å². The van der Waals surface area contributed by atoms with Crippen LogP contribution < -0.4 is 25.0 Å². The molecule has 10 heteroatoms. The minimum atomic E-state index is -0.546. The Hall–Kier alpha value is -5.38. The molecule has 0 bridgehead atoms. The van der Waals surface area contributed by atoms with Gasteiger partial charge in [0.05, 0.1) is 31.8 Å². The minimum Gasteiger partial charge on any atom is -0.497 e. The summed E-state index contributed by atoms with van der Waals surface area (Å²) in [6.45, 7) is 2.15. The summed E-state index contributed by atoms with van der Waals surface area (Å²) < 4.78 is 21.3. The summed E-state index contributed by atoms with van der Waals surface area (Å²) in [6, 6.07) is 21.0. The van der Waals surface area contributed by atoms with E-state index in [1.54, 1.807) is 80.8 Å². The van der Waals surface area contributed by atoms with Crippen LogP contribution in [0.4, 0.5) is 5.69 Å². The van der Waals surface area contributed by atoms with Crippen molar-refractivity contribution in [2.24, 2.45) is 5.10 Å². The van der Waals surface area contributed by atoms with Crippen molar-refractivity contribution in [3.05, 3.63) is 108 Å². The maximum atomic E-state index is 12.6. The fraction of sp³-hybridized carbons (Fsp3) is 0.103. The first kappa shape index (κ1) is 26.7. The Morgan fingerprint density at radius 1 is 0.897 bits per heavy atom. The fourth-order valence-corrected chi connectivity index (χ4v) is 3.41. The predicted octanol–water partition coefficient (Wildman–Crippen LogP) is 4.92. The highest BCUT2D eigenvalue weighted by molar-refractivity contribution is 6.03. The van der Waals surface area contributed by atoms with Crippen LogP contribution in [0.2, 0.25) is 0 Å². The lowest BCUT2D eigenvalue weighted by Crippen LogP contribution is -2.18. The monoisotopic (exact) mass is 527 g/mol. The molecule has 10 nitrogen and oxygen atoms in total. The number of ether oxygens (including phenoxy) is 3. The molecule has 2 amide bonds. The molecule has 1 aromatic heterocycles. The SMILES string of the molecule is CCOc1cc(C=NNC(=O)c2cccc(NC(=O)c3ccco3)c2)ccc1OC(=O)c1ccc(OC)cc1. The second-order valence-corrected chi connectivity index (χ2v) is 7.97. The summed E-state index contributed by atoms with van der Waals surface area (Å²) >= 11 is 0. The van der Waals surface area contributed by atoms with Crippen LogP contribution in [0.1, 0.15) is 43.8 Å². The third-order valence-corrected chi connectivity index (χ3v) is 5.30. The number of benzene rings is 3. The van der Waals surface area contributed by atoms with Crippen molar-refractivity contribution in [3.8, 4) is 17.2 Å². The van der Waals surface area contributed by atoms with E-state index in [-0.39, 0.29) is 11.5 Å². The van der Waals surface area contributed by atoms with Gasteiger partial charge in [0.25, 0.3) is 11.8 Å². The minimum absolute atomic E-state index is 0.155. The van der Waals surface area contributed by atoms with Gasteiger partial charge in [0.1, 0.15) is 5.75 Å². The molecule has 3 aromatic carbocycles. The highest BCUT2D eigenvalue weighted by Gasteiger charge is 2.14. The predicted molar refractivity (Wildman–Crippen MR) is 144 cm³/mol. The largest absolute Gasteiger partial charge is 0.497 e. The first-order chi connectivity index (χ1) is 19.0. The number of nitrogens with one attached hydrogen (secondary N) is 2. The van der Waals surface area contributed by atoms with E-state index >= 15 is 0 Å². The molecule has 0 aliphatic heterocycles. The van der Waals surface area contributed by atoms with Crippen LogP contribution in [0.5, 0.6) is 17.2 Å². The first-order valence-electron chi connectivity index (χ1n) is 11.9. The lowest BCUT2D eigenvalue weighted by molar-refractivity contribution is 0.0728. The van der Waals surface area contributed by atoms with Crippen molar-refractivity contribution in [3.63, 3.8) is 0 Å². The summed E-state index contributed by atoms with van der Waals surface area (Å²) in [5.74, 6) is -0.0878. The number of hydrazone groups is 1. The Kier molecular flexibility index (Phi) is 8.71. The Balaban J connectivity index is 1.39. The number of methoxy groups -OCH3 is 1. The smallest absolute Gasteiger partial charge is 0.343 e. The molecule has 1 heterocycles. The summed E-state index contributed by atoms with van der Waals surface area (Å²) in [5, 5.41) is 6.67. The molecule has 198 valence electrons. The zero-order valence-corrected chi connectivity index (χ0v) is 21.2. The van der Waals surface area contributed by atoms with Gasteiger partial charge in [-0.1, -0.05) is 6.07 Å². The van der Waals surface area contributed by atoms with Gasteiger partial charge in [-0.05, 0) is 85.3 Å². The normalized spacial score (nSPS) is 10.6. The summed E-state index contributed by atoms with van der Waals surface area (Å²) in [7, 11) is 1.54. The van der Waals surface area contributed by atoms with Crippen molar-refractivity contribution >= 4 is 29.7 Å². The maximum Gasteiger partial charge on any atom is 0.343 e. The summed E-state index contributed by atoms with van der Waals surface area (Å²) in [5.41, 5.74) is 4.12. The van der Waals surface area contributed by atoms with E-state index in [0.29, 0.717) is 40.5 Å². The Labute approximate surface area is 224 Å². The molecule has 4 rings (SSSR count). The van der Waals surface area contributed by atoms with Crippen molar-refractivity contribution < 1.29 is 33.0 Å². The average Bonchev–Trinajstić information content (AvgIpc) is 3.50. The molecular formula is C29H25N3O7. The highest BCUT2D eigenvalue weighted by atomic mass is 16.6. The van der Waals surface area contributed by atoms with Gasteiger partial charge in [0.15, 0.2) is 17.3 Å². The number of esters is 1. The number of nitrogens with zero attached hydrogens (tertiary/aromatic N) is 1. The second kappa shape index (κ2) is 12.7. The number of carbonyl (C=O) groups excluding carboxylic acids is 3. The molecule has 0 unspecified atom stereocenters. The van der Waals surface area contributed by atoms with Gasteiger partial charge in [-0.15, -0.1) is 0 Å². The van der Waals surface area contributed by atoms with Crippen LogP contribution in [0, 0.1) is 0 Å². The van der Waals surface area contributed by atoms with E-state index in [1.807, 2.05) is 0 Å². The van der Waals surface area contributed by atoms with E-state index in [1.165, 1.54) is 24.6 Å². The third kappa shape index (κ3) is 7.10. The molecule has 39 heavy (non-hydrogen) atoms. The zero-order valence-electron chi connectivity index (χ0n) is 21.2. The van der Waals surface area contributed by atoms with E-state index in [4.69, 9.17) is 18.6 Å². The summed E-state index contributed by atoms with van der Waals surface area (Å²) in [4.78, 5) is 37.3. The molecular weight excluding hydrogens is 502 g/mol. The number of carbonyl (C=O) groups is 3. The molecule has 4 aromatic rings. The molecule has 0 saturated heterocycles. The van der Waals surface area contributed by atoms with Crippen LogP contribution in [0.15, 0.2) is 94.6 Å². The maximum absolute atomic E-state index is 12.6. The van der Waals surface area contributed by atoms with Crippen molar-refractivity contribution in [2.75, 3.05) is 19.0 Å². The molecule has 2 N–H and O–H groups in total. The Morgan fingerprint density at radius 3 is 2.44 bits per heavy atom. The number of rotatable bonds is 10. The fourth-order valence-electron chi connectivity index (χ4n) is 3.41. The number of anilines is 1. The van der Waals surface area contributed by atoms with Crippen LogP contribution in [0.25, 0.3) is 0 Å². The van der Waals surface area contributed by atoms with Crippen molar-refractivity contribution in [1.29, 1.82) is 0 Å². The molecule has 0 aliphatic carbocycles. The summed E-state index contributed by atoms with van der Waals surface area (Å²) in [6.07, 6.45) is 2.83. The van der Waals surface area contributed by atoms with Crippen molar-refractivity contribution in [2.45, 2.75) is 6.92 Å². The zero-order chi connectivity index (χ0) is 27.6. The lowest BCUT2D eigenvalue weighted by Gasteiger charge is -2.11. The molecule has 0 atom stereocenters. The van der Waals surface area contributed by atoms with Gasteiger partial charge >= 0.3 is 5.97 Å². The molecule has 0 spiro atoms. The molecule has 0 aliphatic rings. The standard InChI is InChI=1S/C29H25N3O7/c1-3-37-26-16-19(9-14-24(26)39-29(35)20-10-12-23(36-2)13-11-20)18-30-32-27(33)21-6-4-7-22(17-21)31-28(34)25-8-5-15-38-25/h4-18H,3H2,1-2H3,(H,31,34)(H,32,33).